The smallest absolute Gasteiger partial charge is 0.335 e. The molecule has 2 aromatic carbocycles. The zero-order chi connectivity index (χ0) is 26.7. The highest BCUT2D eigenvalue weighted by Gasteiger charge is 2.32. The predicted molar refractivity (Wildman–Crippen MR) is 147 cm³/mol. The molecule has 0 bridgehead atoms. The van der Waals surface area contributed by atoms with E-state index in [1.807, 2.05) is 0 Å². The van der Waals surface area contributed by atoms with Crippen molar-refractivity contribution in [3.05, 3.63) is 74.1 Å². The van der Waals surface area contributed by atoms with Crippen molar-refractivity contribution in [2.24, 2.45) is 16.3 Å². The molecule has 0 aliphatic heterocycles. The summed E-state index contributed by atoms with van der Waals surface area (Å²) in [5.41, 5.74) is 3.64. The van der Waals surface area contributed by atoms with Gasteiger partial charge in [0.05, 0.1) is 23.3 Å². The van der Waals surface area contributed by atoms with Crippen LogP contribution in [0.15, 0.2) is 41.4 Å². The number of ether oxygens (including phenoxy) is 2. The van der Waals surface area contributed by atoms with Crippen LogP contribution in [0, 0.1) is 22.7 Å². The van der Waals surface area contributed by atoms with E-state index in [0.29, 0.717) is 39.1 Å². The largest absolute Gasteiger partial charge is 0.493 e. The van der Waals surface area contributed by atoms with Crippen molar-refractivity contribution < 1.29 is 19.4 Å². The van der Waals surface area contributed by atoms with Crippen molar-refractivity contribution in [2.45, 2.75) is 46.6 Å². The van der Waals surface area contributed by atoms with Gasteiger partial charge in [0.25, 0.3) is 0 Å². The van der Waals surface area contributed by atoms with Gasteiger partial charge < -0.3 is 14.6 Å². The molecule has 1 N–H and O–H groups in total. The number of nitrogens with zero attached hydrogens (tertiary/aromatic N) is 2. The molecule has 0 radical (unpaired) electrons. The highest BCUT2D eigenvalue weighted by Crippen LogP contribution is 2.45. The molecule has 1 atom stereocenters. The van der Waals surface area contributed by atoms with E-state index in [-0.39, 0.29) is 17.6 Å². The predicted octanol–water partition coefficient (Wildman–Crippen LogP) is 7.46. The number of halogens is 1. The molecule has 8 heteroatoms. The molecule has 1 heterocycles. The number of carboxylic acids is 1. The van der Waals surface area contributed by atoms with Crippen LogP contribution in [0.5, 0.6) is 11.5 Å². The average Bonchev–Trinajstić information content (AvgIpc) is 3.22. The highest BCUT2D eigenvalue weighted by atomic mass is 35.5. The molecular weight excluding hydrogens is 508 g/mol. The molecule has 0 amide bonds. The topological polar surface area (TPSA) is 91.9 Å². The second-order valence-corrected chi connectivity index (χ2v) is 11.7. The highest BCUT2D eigenvalue weighted by molar-refractivity contribution is 7.16. The van der Waals surface area contributed by atoms with Crippen LogP contribution in [-0.4, -0.2) is 24.4 Å². The van der Waals surface area contributed by atoms with Gasteiger partial charge in [-0.05, 0) is 71.6 Å². The maximum atomic E-state index is 11.2. The third-order valence-electron chi connectivity index (χ3n) is 6.72. The number of rotatable bonds is 7. The van der Waals surface area contributed by atoms with Crippen LogP contribution >= 0.6 is 22.9 Å². The number of nitriles is 1. The van der Waals surface area contributed by atoms with E-state index in [9.17, 15) is 15.2 Å². The lowest BCUT2D eigenvalue weighted by Gasteiger charge is -2.33. The molecule has 1 aromatic heterocycles. The van der Waals surface area contributed by atoms with E-state index >= 15 is 0 Å². The fourth-order valence-electron chi connectivity index (χ4n) is 4.55. The van der Waals surface area contributed by atoms with Gasteiger partial charge in [0.2, 0.25) is 0 Å². The normalized spacial score (nSPS) is 15.3. The van der Waals surface area contributed by atoms with Crippen molar-refractivity contribution >= 4 is 40.1 Å². The molecule has 0 spiro atoms. The molecule has 1 aliphatic rings. The first-order chi connectivity index (χ1) is 17.6. The SMILES string of the molecule is COc1cc(C=Nc2sc3c(c2C#N)CC[C@@H](C(C)(C)C)C3)cc(Cl)c1OCc1cccc(C(=O)O)c1. The third kappa shape index (κ3) is 5.98. The Bertz CT molecular complexity index is 1400. The molecule has 0 fully saturated rings. The number of methoxy groups -OCH3 is 1. The van der Waals surface area contributed by atoms with Crippen LogP contribution in [0.1, 0.15) is 64.7 Å². The summed E-state index contributed by atoms with van der Waals surface area (Å²) >= 11 is 8.13. The number of hydrogen-bond donors (Lipinski definition) is 1. The Morgan fingerprint density at radius 2 is 2.11 bits per heavy atom. The zero-order valence-corrected chi connectivity index (χ0v) is 22.9. The fourth-order valence-corrected chi connectivity index (χ4v) is 6.05. The molecule has 1 aliphatic carbocycles. The van der Waals surface area contributed by atoms with Crippen LogP contribution in [0.3, 0.4) is 0 Å². The van der Waals surface area contributed by atoms with Gasteiger partial charge in [0.15, 0.2) is 11.5 Å². The summed E-state index contributed by atoms with van der Waals surface area (Å²) in [4.78, 5) is 17.2. The Balaban J connectivity index is 1.55. The summed E-state index contributed by atoms with van der Waals surface area (Å²) < 4.78 is 11.4. The standard InChI is InChI=1S/C29H29ClN2O4S/c1-29(2,3)20-8-9-21-22(14-31)27(37-25(21)13-20)32-15-18-11-23(30)26(24(12-18)35-4)36-16-17-6-5-7-19(10-17)28(33)34/h5-7,10-12,15,20H,8-9,13,16H2,1-4H3,(H,33,34)/t20-/m1/s1. The summed E-state index contributed by atoms with van der Waals surface area (Å²) in [5.74, 6) is 0.382. The van der Waals surface area contributed by atoms with Crippen LogP contribution in [0.25, 0.3) is 0 Å². The van der Waals surface area contributed by atoms with Gasteiger partial charge in [-0.3, -0.25) is 0 Å². The van der Waals surface area contributed by atoms with Crippen LogP contribution < -0.4 is 9.47 Å². The number of benzene rings is 2. The number of aliphatic imine (C=N–C) groups is 1. The first kappa shape index (κ1) is 26.7. The van der Waals surface area contributed by atoms with E-state index in [1.165, 1.54) is 18.1 Å². The summed E-state index contributed by atoms with van der Waals surface area (Å²) in [5, 5.41) is 20.1. The molecule has 192 valence electrons. The number of carbonyl (C=O) groups is 1. The van der Waals surface area contributed by atoms with Crippen molar-refractivity contribution in [1.29, 1.82) is 5.26 Å². The maximum Gasteiger partial charge on any atom is 0.335 e. The quantitative estimate of drug-likeness (QED) is 0.316. The second kappa shape index (κ2) is 11.0. The lowest BCUT2D eigenvalue weighted by Crippen LogP contribution is -2.26. The number of hydrogen-bond acceptors (Lipinski definition) is 6. The molecule has 0 saturated heterocycles. The van der Waals surface area contributed by atoms with Crippen molar-refractivity contribution in [1.82, 2.24) is 0 Å². The van der Waals surface area contributed by atoms with Gasteiger partial charge in [0.1, 0.15) is 17.7 Å². The summed E-state index contributed by atoms with van der Waals surface area (Å²) in [6.45, 7) is 6.96. The van der Waals surface area contributed by atoms with Gasteiger partial charge in [-0.15, -0.1) is 11.3 Å². The van der Waals surface area contributed by atoms with Gasteiger partial charge >= 0.3 is 5.97 Å². The van der Waals surface area contributed by atoms with E-state index in [1.54, 1.807) is 47.9 Å². The lowest BCUT2D eigenvalue weighted by atomic mass is 9.72. The minimum absolute atomic E-state index is 0.131. The molecule has 4 rings (SSSR count). The van der Waals surface area contributed by atoms with E-state index < -0.39 is 5.97 Å². The van der Waals surface area contributed by atoms with Gasteiger partial charge in [0, 0.05) is 11.1 Å². The third-order valence-corrected chi connectivity index (χ3v) is 8.17. The average molecular weight is 537 g/mol. The lowest BCUT2D eigenvalue weighted by molar-refractivity contribution is 0.0696. The van der Waals surface area contributed by atoms with E-state index in [2.05, 4.69) is 31.8 Å². The first-order valence-electron chi connectivity index (χ1n) is 12.0. The molecule has 37 heavy (non-hydrogen) atoms. The first-order valence-corrected chi connectivity index (χ1v) is 13.2. The van der Waals surface area contributed by atoms with Crippen molar-refractivity contribution in [3.63, 3.8) is 0 Å². The molecular formula is C29H29ClN2O4S. The molecule has 0 unspecified atom stereocenters. The van der Waals surface area contributed by atoms with Gasteiger partial charge in [-0.1, -0.05) is 44.5 Å². The second-order valence-electron chi connectivity index (χ2n) is 10.2. The number of aromatic carboxylic acids is 1. The Morgan fingerprint density at radius 1 is 1.32 bits per heavy atom. The fraction of sp³-hybridized carbons (Fsp3) is 0.345. The molecule has 6 nitrogen and oxygen atoms in total. The number of thiophene rings is 1. The maximum absolute atomic E-state index is 11.2. The zero-order valence-electron chi connectivity index (χ0n) is 21.3. The summed E-state index contributed by atoms with van der Waals surface area (Å²) in [7, 11) is 1.53. The van der Waals surface area contributed by atoms with Gasteiger partial charge in [-0.2, -0.15) is 5.26 Å². The molecule has 0 saturated carbocycles. The molecule has 3 aromatic rings. The van der Waals surface area contributed by atoms with Gasteiger partial charge in [-0.25, -0.2) is 9.79 Å². The Kier molecular flexibility index (Phi) is 7.91. The van der Waals surface area contributed by atoms with Crippen molar-refractivity contribution in [2.75, 3.05) is 7.11 Å². The number of carboxylic acid groups (broad SMARTS) is 1. The van der Waals surface area contributed by atoms with Crippen LogP contribution in [0.4, 0.5) is 5.00 Å². The Labute approximate surface area is 226 Å². The number of fused-ring (bicyclic) bond motifs is 1. The van der Waals surface area contributed by atoms with E-state index in [0.717, 1.165) is 29.8 Å². The Morgan fingerprint density at radius 3 is 2.78 bits per heavy atom. The van der Waals surface area contributed by atoms with Crippen LogP contribution in [-0.2, 0) is 19.4 Å². The minimum atomic E-state index is -0.999. The van der Waals surface area contributed by atoms with Crippen LogP contribution in [0.2, 0.25) is 5.02 Å². The Hall–Kier alpha value is -3.34. The summed E-state index contributed by atoms with van der Waals surface area (Å²) in [6.07, 6.45) is 4.66. The van der Waals surface area contributed by atoms with E-state index in [4.69, 9.17) is 21.1 Å². The van der Waals surface area contributed by atoms with Crippen molar-refractivity contribution in [3.8, 4) is 17.6 Å². The minimum Gasteiger partial charge on any atom is -0.493 e. The summed E-state index contributed by atoms with van der Waals surface area (Å²) in [6, 6.07) is 12.4. The monoisotopic (exact) mass is 536 g/mol.